The Labute approximate surface area is 152 Å². The summed E-state index contributed by atoms with van der Waals surface area (Å²) in [6.45, 7) is 8.39. The van der Waals surface area contributed by atoms with Crippen molar-refractivity contribution in [1.82, 2.24) is 29.7 Å². The fourth-order valence-electron chi connectivity index (χ4n) is 3.10. The van der Waals surface area contributed by atoms with Crippen LogP contribution >= 0.6 is 0 Å². The molecule has 0 amide bonds. The molecule has 0 aliphatic rings. The second kappa shape index (κ2) is 6.05. The highest BCUT2D eigenvalue weighted by atomic mass is 15.4. The minimum atomic E-state index is -0.151. The molecular weight excluding hydrogens is 324 g/mol. The number of nitrogens with one attached hydrogen (secondary N) is 1. The monoisotopic (exact) mass is 346 g/mol. The number of imidazole rings is 1. The van der Waals surface area contributed by atoms with E-state index in [1.165, 1.54) is 5.56 Å². The van der Waals surface area contributed by atoms with Gasteiger partial charge in [-0.05, 0) is 57.5 Å². The van der Waals surface area contributed by atoms with Crippen molar-refractivity contribution in [3.05, 3.63) is 59.9 Å². The van der Waals surface area contributed by atoms with Gasteiger partial charge in [0.15, 0.2) is 5.82 Å². The molecule has 26 heavy (non-hydrogen) atoms. The number of benzene rings is 1. The van der Waals surface area contributed by atoms with Crippen molar-refractivity contribution in [1.29, 1.82) is 0 Å². The average molecular weight is 346 g/mol. The molecule has 1 N–H and O–H groups in total. The lowest BCUT2D eigenvalue weighted by molar-refractivity contribution is 0.344. The Morgan fingerprint density at radius 1 is 1.04 bits per heavy atom. The van der Waals surface area contributed by atoms with E-state index in [4.69, 9.17) is 10.1 Å². The van der Waals surface area contributed by atoms with E-state index in [9.17, 15) is 0 Å². The second-order valence-electron chi connectivity index (χ2n) is 7.52. The van der Waals surface area contributed by atoms with Gasteiger partial charge < -0.3 is 4.98 Å². The molecule has 0 aliphatic carbocycles. The van der Waals surface area contributed by atoms with Crippen molar-refractivity contribution in [3.63, 3.8) is 0 Å². The normalized spacial score (nSPS) is 12.0. The molecule has 4 aromatic rings. The molecule has 6 heteroatoms. The maximum Gasteiger partial charge on any atom is 0.181 e. The summed E-state index contributed by atoms with van der Waals surface area (Å²) in [5, 5.41) is 4.77. The Kier molecular flexibility index (Phi) is 3.83. The maximum absolute atomic E-state index is 4.83. The quantitative estimate of drug-likeness (QED) is 0.611. The Balaban J connectivity index is 1.75. The van der Waals surface area contributed by atoms with Crippen LogP contribution in [0.5, 0.6) is 0 Å². The van der Waals surface area contributed by atoms with Crippen LogP contribution in [-0.2, 0) is 12.0 Å². The van der Waals surface area contributed by atoms with Crippen LogP contribution in [-0.4, -0.2) is 29.7 Å². The van der Waals surface area contributed by atoms with Crippen molar-refractivity contribution >= 4 is 11.0 Å². The summed E-state index contributed by atoms with van der Waals surface area (Å²) in [6.07, 6.45) is 4.24. The summed E-state index contributed by atoms with van der Waals surface area (Å²) >= 11 is 0. The summed E-state index contributed by atoms with van der Waals surface area (Å²) in [5.41, 5.74) is 4.05. The van der Waals surface area contributed by atoms with Gasteiger partial charge in [-0.25, -0.2) is 14.6 Å². The molecule has 3 heterocycles. The Bertz CT molecular complexity index is 1050. The zero-order valence-electron chi connectivity index (χ0n) is 15.5. The van der Waals surface area contributed by atoms with Crippen LogP contribution < -0.4 is 0 Å². The molecule has 3 aromatic heterocycles. The molecule has 0 aliphatic heterocycles. The van der Waals surface area contributed by atoms with Crippen molar-refractivity contribution in [2.24, 2.45) is 0 Å². The second-order valence-corrected chi connectivity index (χ2v) is 7.52. The fourth-order valence-corrected chi connectivity index (χ4v) is 3.10. The highest BCUT2D eigenvalue weighted by Gasteiger charge is 2.22. The molecule has 0 saturated heterocycles. The van der Waals surface area contributed by atoms with Crippen LogP contribution in [0.2, 0.25) is 0 Å². The molecule has 0 radical (unpaired) electrons. The van der Waals surface area contributed by atoms with Gasteiger partial charge in [0, 0.05) is 24.4 Å². The first kappa shape index (κ1) is 16.4. The van der Waals surface area contributed by atoms with Gasteiger partial charge in [0.05, 0.1) is 16.6 Å². The van der Waals surface area contributed by atoms with Crippen LogP contribution in [0.4, 0.5) is 0 Å². The van der Waals surface area contributed by atoms with Crippen molar-refractivity contribution in [2.75, 3.05) is 0 Å². The standard InChI is InChI=1S/C20H22N6/c1-13-22-16-6-5-14(11-17(16)23-13)12-18-24-19(15-7-9-21-10-8-15)25-26(18)20(2,3)4/h5-11H,12H2,1-4H3,(H,22,23). The van der Waals surface area contributed by atoms with Crippen LogP contribution in [0.3, 0.4) is 0 Å². The van der Waals surface area contributed by atoms with E-state index in [-0.39, 0.29) is 5.54 Å². The van der Waals surface area contributed by atoms with Crippen molar-refractivity contribution in [2.45, 2.75) is 39.7 Å². The molecule has 0 unspecified atom stereocenters. The molecule has 0 saturated carbocycles. The summed E-state index contributed by atoms with van der Waals surface area (Å²) in [4.78, 5) is 16.7. The van der Waals surface area contributed by atoms with Crippen LogP contribution in [0.15, 0.2) is 42.7 Å². The largest absolute Gasteiger partial charge is 0.342 e. The summed E-state index contributed by atoms with van der Waals surface area (Å²) in [7, 11) is 0. The number of hydrogen-bond donors (Lipinski definition) is 1. The van der Waals surface area contributed by atoms with Crippen LogP contribution in [0, 0.1) is 6.92 Å². The number of nitrogens with zero attached hydrogens (tertiary/aromatic N) is 5. The average Bonchev–Trinajstić information content (AvgIpc) is 3.18. The van der Waals surface area contributed by atoms with Gasteiger partial charge in [0.25, 0.3) is 0 Å². The molecule has 0 fully saturated rings. The fraction of sp³-hybridized carbons (Fsp3) is 0.300. The van der Waals surface area contributed by atoms with Crippen LogP contribution in [0.25, 0.3) is 22.4 Å². The van der Waals surface area contributed by atoms with Gasteiger partial charge in [0.1, 0.15) is 11.6 Å². The molecule has 4 rings (SSSR count). The summed E-state index contributed by atoms with van der Waals surface area (Å²) in [5.74, 6) is 2.60. The van der Waals surface area contributed by atoms with E-state index < -0.39 is 0 Å². The Morgan fingerprint density at radius 2 is 1.81 bits per heavy atom. The third-order valence-corrected chi connectivity index (χ3v) is 4.28. The van der Waals surface area contributed by atoms with Gasteiger partial charge in [0.2, 0.25) is 0 Å². The molecule has 6 nitrogen and oxygen atoms in total. The molecule has 132 valence electrons. The Hall–Kier alpha value is -3.02. The maximum atomic E-state index is 4.83. The number of rotatable bonds is 3. The number of H-pyrrole nitrogens is 1. The van der Waals surface area contributed by atoms with Crippen LogP contribution in [0.1, 0.15) is 38.0 Å². The summed E-state index contributed by atoms with van der Waals surface area (Å²) in [6, 6.07) is 10.2. The van der Waals surface area contributed by atoms with Gasteiger partial charge in [-0.15, -0.1) is 0 Å². The smallest absolute Gasteiger partial charge is 0.181 e. The zero-order valence-corrected chi connectivity index (χ0v) is 15.5. The number of aromatic nitrogens is 6. The number of aryl methyl sites for hydroxylation is 1. The highest BCUT2D eigenvalue weighted by molar-refractivity contribution is 5.75. The highest BCUT2D eigenvalue weighted by Crippen LogP contribution is 2.23. The predicted molar refractivity (Wildman–Crippen MR) is 102 cm³/mol. The minimum Gasteiger partial charge on any atom is -0.342 e. The lowest BCUT2D eigenvalue weighted by Crippen LogP contribution is -2.25. The molecule has 1 aromatic carbocycles. The topological polar surface area (TPSA) is 72.3 Å². The number of hydrogen-bond acceptors (Lipinski definition) is 4. The Morgan fingerprint density at radius 3 is 2.54 bits per heavy atom. The lowest BCUT2D eigenvalue weighted by atomic mass is 10.1. The van der Waals surface area contributed by atoms with Gasteiger partial charge in [-0.2, -0.15) is 5.10 Å². The van der Waals surface area contributed by atoms with E-state index in [1.807, 2.05) is 23.7 Å². The third kappa shape index (κ3) is 3.10. The molecular formula is C20H22N6. The molecule has 0 atom stereocenters. The van der Waals surface area contributed by atoms with Crippen molar-refractivity contribution < 1.29 is 0 Å². The zero-order chi connectivity index (χ0) is 18.3. The van der Waals surface area contributed by atoms with Gasteiger partial charge >= 0.3 is 0 Å². The van der Waals surface area contributed by atoms with E-state index in [0.29, 0.717) is 6.42 Å². The predicted octanol–water partition coefficient (Wildman–Crippen LogP) is 3.87. The molecule has 0 spiro atoms. The third-order valence-electron chi connectivity index (χ3n) is 4.28. The van der Waals surface area contributed by atoms with E-state index >= 15 is 0 Å². The van der Waals surface area contributed by atoms with E-state index in [2.05, 4.69) is 53.9 Å². The van der Waals surface area contributed by atoms with Gasteiger partial charge in [-0.1, -0.05) is 6.07 Å². The van der Waals surface area contributed by atoms with E-state index in [1.54, 1.807) is 12.4 Å². The number of pyridine rings is 1. The lowest BCUT2D eigenvalue weighted by Gasteiger charge is -2.21. The SMILES string of the molecule is Cc1nc2ccc(Cc3nc(-c4ccncc4)nn3C(C)(C)C)cc2[nH]1. The van der Waals surface area contributed by atoms with E-state index in [0.717, 1.165) is 34.1 Å². The molecule has 0 bridgehead atoms. The first-order valence-corrected chi connectivity index (χ1v) is 8.72. The minimum absolute atomic E-state index is 0.151. The first-order chi connectivity index (χ1) is 12.4. The van der Waals surface area contributed by atoms with Gasteiger partial charge in [-0.3, -0.25) is 4.98 Å². The number of fused-ring (bicyclic) bond motifs is 1. The summed E-state index contributed by atoms with van der Waals surface area (Å²) < 4.78 is 2.02. The van der Waals surface area contributed by atoms with Crippen molar-refractivity contribution in [3.8, 4) is 11.4 Å². The number of aromatic amines is 1. The first-order valence-electron chi connectivity index (χ1n) is 8.72.